The highest BCUT2D eigenvalue weighted by atomic mass is 16.1. The van der Waals surface area contributed by atoms with Crippen molar-refractivity contribution in [2.75, 3.05) is 5.32 Å². The fourth-order valence-electron chi connectivity index (χ4n) is 3.91. The zero-order valence-electron chi connectivity index (χ0n) is 15.0. The summed E-state index contributed by atoms with van der Waals surface area (Å²) < 4.78 is 1.90. The first-order valence-electron chi connectivity index (χ1n) is 9.56. The minimum atomic E-state index is -0.0724. The summed E-state index contributed by atoms with van der Waals surface area (Å²) in [5.41, 5.74) is 4.23. The molecular formula is C21H21N5O. The highest BCUT2D eigenvalue weighted by molar-refractivity contribution is 5.96. The highest BCUT2D eigenvalue weighted by Gasteiger charge is 2.28. The van der Waals surface area contributed by atoms with Crippen molar-refractivity contribution in [3.8, 4) is 11.4 Å². The first-order valence-corrected chi connectivity index (χ1v) is 9.56. The van der Waals surface area contributed by atoms with E-state index in [4.69, 9.17) is 0 Å². The molecule has 6 heteroatoms. The second kappa shape index (κ2) is 6.61. The lowest BCUT2D eigenvalue weighted by Gasteiger charge is -2.24. The monoisotopic (exact) mass is 359 g/mol. The second-order valence-corrected chi connectivity index (χ2v) is 7.39. The number of aromatic nitrogens is 4. The molecule has 5 rings (SSSR count). The lowest BCUT2D eigenvalue weighted by molar-refractivity contribution is -0.117. The maximum absolute atomic E-state index is 12.8. The van der Waals surface area contributed by atoms with Crippen LogP contribution in [0, 0.1) is 0 Å². The minimum absolute atomic E-state index is 0.0673. The van der Waals surface area contributed by atoms with E-state index in [9.17, 15) is 4.79 Å². The Balaban J connectivity index is 1.33. The Labute approximate surface area is 157 Å². The molecular weight excluding hydrogens is 338 g/mol. The van der Waals surface area contributed by atoms with Crippen molar-refractivity contribution in [1.82, 2.24) is 20.2 Å². The average Bonchev–Trinajstić information content (AvgIpc) is 3.44. The van der Waals surface area contributed by atoms with Crippen molar-refractivity contribution in [2.24, 2.45) is 0 Å². The van der Waals surface area contributed by atoms with Gasteiger partial charge in [0, 0.05) is 11.3 Å². The van der Waals surface area contributed by atoms with E-state index in [0.717, 1.165) is 49.2 Å². The van der Waals surface area contributed by atoms with E-state index in [2.05, 4.69) is 33.0 Å². The smallest absolute Gasteiger partial charge is 0.231 e. The number of carbonyl (C=O) groups excluding carboxylic acids is 1. The fourth-order valence-corrected chi connectivity index (χ4v) is 3.91. The lowest BCUT2D eigenvalue weighted by atomic mass is 9.82. The molecule has 2 aliphatic carbocycles. The molecule has 0 saturated heterocycles. The third-order valence-corrected chi connectivity index (χ3v) is 5.48. The first kappa shape index (κ1) is 16.2. The van der Waals surface area contributed by atoms with Gasteiger partial charge in [-0.3, -0.25) is 4.79 Å². The Hall–Kier alpha value is -3.02. The summed E-state index contributed by atoms with van der Waals surface area (Å²) in [7, 11) is 0. The molecule has 1 unspecified atom stereocenters. The van der Waals surface area contributed by atoms with E-state index in [1.54, 1.807) is 0 Å². The van der Waals surface area contributed by atoms with Crippen molar-refractivity contribution >= 4 is 11.6 Å². The summed E-state index contributed by atoms with van der Waals surface area (Å²) in [4.78, 5) is 12.8. The number of hydrogen-bond donors (Lipinski definition) is 1. The molecule has 1 aromatic heterocycles. The standard InChI is InChI=1S/C21H21N5O/c27-21(19-7-3-5-14-4-1-2-6-18(14)19)22-16-10-8-15(9-11-16)20-23-24-25-26(20)17-12-13-17/h1-2,4,6,8-11,17,19H,3,5,7,12-13H2,(H,22,27). The largest absolute Gasteiger partial charge is 0.326 e. The number of anilines is 1. The van der Waals surface area contributed by atoms with Gasteiger partial charge >= 0.3 is 0 Å². The molecule has 136 valence electrons. The summed E-state index contributed by atoms with van der Waals surface area (Å²) in [6.07, 6.45) is 5.28. The van der Waals surface area contributed by atoms with Gasteiger partial charge in [-0.1, -0.05) is 24.3 Å². The van der Waals surface area contributed by atoms with Crippen molar-refractivity contribution < 1.29 is 4.79 Å². The van der Waals surface area contributed by atoms with Crippen LogP contribution in [0.25, 0.3) is 11.4 Å². The van der Waals surface area contributed by atoms with Crippen LogP contribution < -0.4 is 5.32 Å². The van der Waals surface area contributed by atoms with Crippen LogP contribution in [0.15, 0.2) is 48.5 Å². The number of nitrogens with one attached hydrogen (secondary N) is 1. The Morgan fingerprint density at radius 3 is 2.67 bits per heavy atom. The Bertz CT molecular complexity index is 974. The molecule has 1 fully saturated rings. The molecule has 1 heterocycles. The van der Waals surface area contributed by atoms with Crippen molar-refractivity contribution in [2.45, 2.75) is 44.1 Å². The number of hydrogen-bond acceptors (Lipinski definition) is 4. The van der Waals surface area contributed by atoms with Gasteiger partial charge in [0.15, 0.2) is 5.82 Å². The molecule has 1 saturated carbocycles. The van der Waals surface area contributed by atoms with Crippen LogP contribution in [0.2, 0.25) is 0 Å². The number of tetrazole rings is 1. The predicted molar refractivity (Wildman–Crippen MR) is 102 cm³/mol. The van der Waals surface area contributed by atoms with Crippen LogP contribution in [-0.4, -0.2) is 26.1 Å². The molecule has 0 bridgehead atoms. The van der Waals surface area contributed by atoms with Gasteiger partial charge in [0.25, 0.3) is 0 Å². The third kappa shape index (κ3) is 3.12. The molecule has 3 aromatic rings. The first-order chi connectivity index (χ1) is 13.3. The fraction of sp³-hybridized carbons (Fsp3) is 0.333. The summed E-state index contributed by atoms with van der Waals surface area (Å²) in [6, 6.07) is 16.5. The van der Waals surface area contributed by atoms with Crippen LogP contribution >= 0.6 is 0 Å². The number of rotatable bonds is 4. The third-order valence-electron chi connectivity index (χ3n) is 5.48. The Morgan fingerprint density at radius 2 is 1.85 bits per heavy atom. The van der Waals surface area contributed by atoms with Gasteiger partial charge in [-0.15, -0.1) is 5.10 Å². The van der Waals surface area contributed by atoms with Gasteiger partial charge in [-0.2, -0.15) is 0 Å². The molecule has 0 aliphatic heterocycles. The molecule has 2 aliphatic rings. The maximum Gasteiger partial charge on any atom is 0.231 e. The van der Waals surface area contributed by atoms with Crippen LogP contribution in [0.5, 0.6) is 0 Å². The Morgan fingerprint density at radius 1 is 1.04 bits per heavy atom. The summed E-state index contributed by atoms with van der Waals surface area (Å²) >= 11 is 0. The van der Waals surface area contributed by atoms with Crippen molar-refractivity contribution in [3.05, 3.63) is 59.7 Å². The summed E-state index contributed by atoms with van der Waals surface area (Å²) in [5.74, 6) is 0.783. The van der Waals surface area contributed by atoms with Gasteiger partial charge < -0.3 is 5.32 Å². The molecule has 1 amide bonds. The molecule has 6 nitrogen and oxygen atoms in total. The molecule has 1 atom stereocenters. The van der Waals surface area contributed by atoms with E-state index in [1.165, 1.54) is 11.1 Å². The van der Waals surface area contributed by atoms with Gasteiger partial charge in [0.1, 0.15) is 0 Å². The molecule has 2 aromatic carbocycles. The highest BCUT2D eigenvalue weighted by Crippen LogP contribution is 2.37. The van der Waals surface area contributed by atoms with Crippen LogP contribution in [0.3, 0.4) is 0 Å². The second-order valence-electron chi connectivity index (χ2n) is 7.39. The number of fused-ring (bicyclic) bond motifs is 1. The topological polar surface area (TPSA) is 72.7 Å². The van der Waals surface area contributed by atoms with Crippen LogP contribution in [0.1, 0.15) is 48.8 Å². The molecule has 1 N–H and O–H groups in total. The summed E-state index contributed by atoms with van der Waals surface area (Å²) in [6.45, 7) is 0. The quantitative estimate of drug-likeness (QED) is 0.770. The van der Waals surface area contributed by atoms with Gasteiger partial charge in [-0.25, -0.2) is 4.68 Å². The van der Waals surface area contributed by atoms with Crippen molar-refractivity contribution in [1.29, 1.82) is 0 Å². The number of nitrogens with zero attached hydrogens (tertiary/aromatic N) is 4. The number of carbonyl (C=O) groups is 1. The van der Waals surface area contributed by atoms with Crippen LogP contribution in [-0.2, 0) is 11.2 Å². The molecule has 0 spiro atoms. The van der Waals surface area contributed by atoms with Gasteiger partial charge in [0.2, 0.25) is 5.91 Å². The van der Waals surface area contributed by atoms with E-state index < -0.39 is 0 Å². The summed E-state index contributed by atoms with van der Waals surface area (Å²) in [5, 5.41) is 15.1. The maximum atomic E-state index is 12.8. The zero-order valence-corrected chi connectivity index (χ0v) is 15.0. The van der Waals surface area contributed by atoms with E-state index >= 15 is 0 Å². The predicted octanol–water partition coefficient (Wildman–Crippen LogP) is 3.73. The number of aryl methyl sites for hydroxylation is 1. The lowest BCUT2D eigenvalue weighted by Crippen LogP contribution is -2.24. The molecule has 27 heavy (non-hydrogen) atoms. The number of benzene rings is 2. The van der Waals surface area contributed by atoms with E-state index in [0.29, 0.717) is 6.04 Å². The van der Waals surface area contributed by atoms with Crippen LogP contribution in [0.4, 0.5) is 5.69 Å². The minimum Gasteiger partial charge on any atom is -0.326 e. The zero-order chi connectivity index (χ0) is 18.2. The van der Waals surface area contributed by atoms with Gasteiger partial charge in [-0.05, 0) is 77.9 Å². The average molecular weight is 359 g/mol. The van der Waals surface area contributed by atoms with E-state index in [1.807, 2.05) is 41.1 Å². The van der Waals surface area contributed by atoms with Crippen molar-refractivity contribution in [3.63, 3.8) is 0 Å². The Kier molecular flexibility index (Phi) is 3.96. The SMILES string of the molecule is O=C(Nc1ccc(-c2nnnn2C2CC2)cc1)C1CCCc2ccccc21. The molecule has 0 radical (unpaired) electrons. The number of amides is 1. The van der Waals surface area contributed by atoms with E-state index in [-0.39, 0.29) is 11.8 Å². The normalized spacial score (nSPS) is 18.7. The van der Waals surface area contributed by atoms with Gasteiger partial charge in [0.05, 0.1) is 12.0 Å².